The number of halogens is 1. The number of rotatable bonds is 3. The molecule has 1 aromatic carbocycles. The first-order valence-corrected chi connectivity index (χ1v) is 8.00. The molecule has 0 saturated carbocycles. The maximum Gasteiger partial charge on any atom is 0.241 e. The third-order valence-corrected chi connectivity index (χ3v) is 4.80. The van der Waals surface area contributed by atoms with Crippen molar-refractivity contribution in [3.63, 3.8) is 0 Å². The summed E-state index contributed by atoms with van der Waals surface area (Å²) in [6, 6.07) is 8.03. The maximum atomic E-state index is 12.7. The van der Waals surface area contributed by atoms with Crippen LogP contribution in [0.15, 0.2) is 24.3 Å². The second kappa shape index (κ2) is 5.95. The summed E-state index contributed by atoms with van der Waals surface area (Å²) in [7, 11) is 2.11. The molecule has 4 nitrogen and oxygen atoms in total. The first-order chi connectivity index (χ1) is 10.1. The van der Waals surface area contributed by atoms with Crippen LogP contribution in [-0.2, 0) is 4.79 Å². The average molecular weight is 308 g/mol. The van der Waals surface area contributed by atoms with Gasteiger partial charge in [-0.3, -0.25) is 10.1 Å². The number of hydrogen-bond acceptors (Lipinski definition) is 3. The summed E-state index contributed by atoms with van der Waals surface area (Å²) in [5.74, 6) is 0.234. The lowest BCUT2D eigenvalue weighted by molar-refractivity contribution is -0.132. The highest BCUT2D eigenvalue weighted by Crippen LogP contribution is 2.32. The predicted octanol–water partition coefficient (Wildman–Crippen LogP) is 2.25. The lowest BCUT2D eigenvalue weighted by Crippen LogP contribution is -2.41. The van der Waals surface area contributed by atoms with E-state index in [0.717, 1.165) is 36.5 Å². The van der Waals surface area contributed by atoms with E-state index in [-0.39, 0.29) is 18.1 Å². The molecule has 5 heteroatoms. The predicted molar refractivity (Wildman–Crippen MR) is 84.2 cm³/mol. The molecule has 2 heterocycles. The third-order valence-electron chi connectivity index (χ3n) is 4.54. The van der Waals surface area contributed by atoms with Crippen molar-refractivity contribution in [3.05, 3.63) is 34.9 Å². The van der Waals surface area contributed by atoms with Crippen molar-refractivity contribution in [1.82, 2.24) is 15.1 Å². The third kappa shape index (κ3) is 2.80. The van der Waals surface area contributed by atoms with Gasteiger partial charge < -0.3 is 9.80 Å². The first kappa shape index (κ1) is 14.8. The largest absolute Gasteiger partial charge is 0.317 e. The van der Waals surface area contributed by atoms with Crippen LogP contribution in [0.25, 0.3) is 0 Å². The zero-order valence-corrected chi connectivity index (χ0v) is 13.3. The number of carbonyl (C=O) groups excluding carboxylic acids is 1. The fraction of sp³-hybridized carbons (Fsp3) is 0.562. The first-order valence-electron chi connectivity index (χ1n) is 7.62. The molecule has 0 spiro atoms. The van der Waals surface area contributed by atoms with Crippen molar-refractivity contribution in [3.8, 4) is 0 Å². The van der Waals surface area contributed by atoms with E-state index in [1.54, 1.807) is 0 Å². The van der Waals surface area contributed by atoms with E-state index in [2.05, 4.69) is 29.1 Å². The van der Waals surface area contributed by atoms with Gasteiger partial charge in [0.15, 0.2) is 0 Å². The number of nitrogens with one attached hydrogen (secondary N) is 1. The number of nitrogens with zero attached hydrogens (tertiary/aromatic N) is 2. The molecule has 3 atom stereocenters. The zero-order valence-electron chi connectivity index (χ0n) is 12.6. The van der Waals surface area contributed by atoms with E-state index < -0.39 is 0 Å². The molecule has 3 unspecified atom stereocenters. The maximum absolute atomic E-state index is 12.7. The number of amides is 1. The number of likely N-dealkylation sites (tertiary alicyclic amines) is 1. The van der Waals surface area contributed by atoms with Crippen molar-refractivity contribution in [1.29, 1.82) is 0 Å². The van der Waals surface area contributed by atoms with Crippen LogP contribution >= 0.6 is 11.6 Å². The Morgan fingerprint density at radius 2 is 2.05 bits per heavy atom. The molecular formula is C16H22ClN3O. The summed E-state index contributed by atoms with van der Waals surface area (Å²) in [6.07, 6.45) is 1.84. The quantitative estimate of drug-likeness (QED) is 0.930. The van der Waals surface area contributed by atoms with Crippen molar-refractivity contribution in [2.45, 2.75) is 38.0 Å². The zero-order chi connectivity index (χ0) is 15.0. The van der Waals surface area contributed by atoms with Gasteiger partial charge in [0.2, 0.25) is 5.91 Å². The topological polar surface area (TPSA) is 35.6 Å². The molecule has 114 valence electrons. The van der Waals surface area contributed by atoms with E-state index in [1.165, 1.54) is 0 Å². The van der Waals surface area contributed by atoms with Crippen molar-refractivity contribution < 1.29 is 4.79 Å². The van der Waals surface area contributed by atoms with Crippen LogP contribution in [0.4, 0.5) is 0 Å². The second-order valence-corrected chi connectivity index (χ2v) is 6.47. The van der Waals surface area contributed by atoms with Gasteiger partial charge in [0, 0.05) is 17.6 Å². The van der Waals surface area contributed by atoms with Gasteiger partial charge in [-0.25, -0.2) is 0 Å². The van der Waals surface area contributed by atoms with Gasteiger partial charge in [-0.05, 0) is 44.1 Å². The van der Waals surface area contributed by atoms with Crippen molar-refractivity contribution in [2.24, 2.45) is 0 Å². The van der Waals surface area contributed by atoms with Gasteiger partial charge in [0.25, 0.3) is 0 Å². The minimum absolute atomic E-state index is 0.0313. The number of hydrogen-bond donors (Lipinski definition) is 1. The molecule has 2 aliphatic rings. The number of benzene rings is 1. The van der Waals surface area contributed by atoms with Gasteiger partial charge in [-0.1, -0.05) is 30.7 Å². The minimum atomic E-state index is -0.0726. The van der Waals surface area contributed by atoms with Crippen LogP contribution < -0.4 is 5.32 Å². The molecule has 2 fully saturated rings. The number of carbonyl (C=O) groups is 1. The summed E-state index contributed by atoms with van der Waals surface area (Å²) in [6.45, 7) is 4.06. The Hall–Kier alpha value is -1.10. The van der Waals surface area contributed by atoms with E-state index in [0.29, 0.717) is 6.04 Å². The summed E-state index contributed by atoms with van der Waals surface area (Å²) >= 11 is 5.98. The Labute approximate surface area is 131 Å². The summed E-state index contributed by atoms with van der Waals surface area (Å²) in [5.41, 5.74) is 1.11. The van der Waals surface area contributed by atoms with Crippen molar-refractivity contribution in [2.75, 3.05) is 20.1 Å². The summed E-state index contributed by atoms with van der Waals surface area (Å²) < 4.78 is 0. The van der Waals surface area contributed by atoms with E-state index in [1.807, 2.05) is 24.3 Å². The number of likely N-dealkylation sites (N-methyl/N-ethyl adjacent to an activating group) is 1. The fourth-order valence-corrected chi connectivity index (χ4v) is 3.50. The van der Waals surface area contributed by atoms with Gasteiger partial charge in [0.1, 0.15) is 6.17 Å². The molecule has 3 rings (SSSR count). The summed E-state index contributed by atoms with van der Waals surface area (Å²) in [4.78, 5) is 17.0. The van der Waals surface area contributed by atoms with Crippen LogP contribution in [0.3, 0.4) is 0 Å². The molecule has 0 radical (unpaired) electrons. The van der Waals surface area contributed by atoms with Crippen LogP contribution in [0.2, 0.25) is 5.02 Å². The lowest BCUT2D eigenvalue weighted by Gasteiger charge is -2.30. The smallest absolute Gasteiger partial charge is 0.241 e. The van der Waals surface area contributed by atoms with E-state index >= 15 is 0 Å². The molecule has 0 aliphatic carbocycles. The Balaban J connectivity index is 1.88. The Morgan fingerprint density at radius 1 is 1.33 bits per heavy atom. The molecular weight excluding hydrogens is 286 g/mol. The van der Waals surface area contributed by atoms with Gasteiger partial charge in [0.05, 0.1) is 6.04 Å². The highest BCUT2D eigenvalue weighted by atomic mass is 35.5. The highest BCUT2D eigenvalue weighted by Gasteiger charge is 2.43. The normalized spacial score (nSPS) is 30.3. The molecule has 1 aromatic rings. The molecule has 2 aliphatic heterocycles. The van der Waals surface area contributed by atoms with Crippen LogP contribution in [0.5, 0.6) is 0 Å². The standard InChI is InChI=1S/C16H22ClN3O/c1-3-14-16(21)20(13-8-9-19(2)10-13)15(18-14)11-4-6-12(17)7-5-11/h4-7,13-15,18H,3,8-10H2,1-2H3. The van der Waals surface area contributed by atoms with Gasteiger partial charge >= 0.3 is 0 Å². The van der Waals surface area contributed by atoms with E-state index in [9.17, 15) is 4.79 Å². The molecule has 0 aromatic heterocycles. The van der Waals surface area contributed by atoms with Crippen LogP contribution in [0.1, 0.15) is 31.5 Å². The lowest BCUT2D eigenvalue weighted by atomic mass is 10.1. The van der Waals surface area contributed by atoms with Gasteiger partial charge in [-0.2, -0.15) is 0 Å². The van der Waals surface area contributed by atoms with Crippen molar-refractivity contribution >= 4 is 17.5 Å². The molecule has 2 saturated heterocycles. The molecule has 1 amide bonds. The van der Waals surface area contributed by atoms with Crippen LogP contribution in [0, 0.1) is 0 Å². The molecule has 21 heavy (non-hydrogen) atoms. The SMILES string of the molecule is CCC1NC(c2ccc(Cl)cc2)N(C2CCN(C)C2)C1=O. The minimum Gasteiger partial charge on any atom is -0.317 e. The Bertz CT molecular complexity index is 519. The van der Waals surface area contributed by atoms with E-state index in [4.69, 9.17) is 11.6 Å². The molecule has 0 bridgehead atoms. The molecule has 1 N–H and O–H groups in total. The van der Waals surface area contributed by atoms with Crippen LogP contribution in [-0.4, -0.2) is 47.9 Å². The second-order valence-electron chi connectivity index (χ2n) is 6.03. The van der Waals surface area contributed by atoms with Gasteiger partial charge in [-0.15, -0.1) is 0 Å². The fourth-order valence-electron chi connectivity index (χ4n) is 3.37. The Morgan fingerprint density at radius 3 is 2.62 bits per heavy atom. The Kier molecular flexibility index (Phi) is 4.20. The monoisotopic (exact) mass is 307 g/mol. The summed E-state index contributed by atoms with van der Waals surface area (Å²) in [5, 5.41) is 4.21. The highest BCUT2D eigenvalue weighted by molar-refractivity contribution is 6.30. The average Bonchev–Trinajstić information content (AvgIpc) is 3.03.